The highest BCUT2D eigenvalue weighted by Crippen LogP contribution is 2.43. The predicted molar refractivity (Wildman–Crippen MR) is 83.2 cm³/mol. The fraction of sp³-hybridized carbons (Fsp3) is 0.444. The van der Waals surface area contributed by atoms with Gasteiger partial charge in [0.25, 0.3) is 0 Å². The van der Waals surface area contributed by atoms with Crippen LogP contribution in [-0.4, -0.2) is 16.3 Å². The van der Waals surface area contributed by atoms with E-state index in [2.05, 4.69) is 13.8 Å². The molecule has 1 aliphatic carbocycles. The maximum Gasteiger partial charge on any atom is 0.122 e. The normalized spacial score (nSPS) is 23.1. The molecule has 0 radical (unpaired) electrons. The van der Waals surface area contributed by atoms with Gasteiger partial charge in [0, 0.05) is 11.5 Å². The maximum atomic E-state index is 10.6. The molecular weight excluding hydrogens is 248 g/mol. The standard InChI is InChI=1S/C18H24O2/c1-9-7-11(3)17(19)15(13(9)5)16-14(6)10(2)8-12(4)18(16)20/h7-8,15,17,19-20H,1-6H3/t15?,17-/m0/s1. The first-order valence-electron chi connectivity index (χ1n) is 7.09. The number of hydrogen-bond donors (Lipinski definition) is 2. The van der Waals surface area contributed by atoms with Crippen molar-refractivity contribution in [2.24, 2.45) is 0 Å². The van der Waals surface area contributed by atoms with Crippen LogP contribution < -0.4 is 0 Å². The van der Waals surface area contributed by atoms with Gasteiger partial charge in [-0.3, -0.25) is 0 Å². The lowest BCUT2D eigenvalue weighted by molar-refractivity contribution is 0.186. The summed E-state index contributed by atoms with van der Waals surface area (Å²) in [6.07, 6.45) is 1.47. The highest BCUT2D eigenvalue weighted by molar-refractivity contribution is 5.55. The first-order valence-corrected chi connectivity index (χ1v) is 7.09. The molecule has 2 rings (SSSR count). The number of allylic oxidation sites excluding steroid dienone is 2. The molecule has 2 nitrogen and oxygen atoms in total. The van der Waals surface area contributed by atoms with Crippen LogP contribution in [0.25, 0.3) is 0 Å². The fourth-order valence-corrected chi connectivity index (χ4v) is 3.14. The van der Waals surface area contributed by atoms with Crippen molar-refractivity contribution in [3.05, 3.63) is 51.1 Å². The topological polar surface area (TPSA) is 40.5 Å². The Hall–Kier alpha value is -1.54. The fourth-order valence-electron chi connectivity index (χ4n) is 3.14. The second kappa shape index (κ2) is 5.10. The minimum atomic E-state index is -0.565. The van der Waals surface area contributed by atoms with Crippen LogP contribution in [0.5, 0.6) is 5.75 Å². The van der Waals surface area contributed by atoms with Crippen LogP contribution in [0.1, 0.15) is 48.9 Å². The second-order valence-corrected chi connectivity index (χ2v) is 6.07. The molecule has 1 aliphatic rings. The first kappa shape index (κ1) is 14.9. The third-order valence-electron chi connectivity index (χ3n) is 4.68. The SMILES string of the molecule is CC1=CC(C)=C(C)C(c2c(C)c(C)cc(C)c2O)[C@H]1O. The number of benzene rings is 1. The molecular formula is C18H24O2. The van der Waals surface area contributed by atoms with Crippen molar-refractivity contribution < 1.29 is 10.2 Å². The van der Waals surface area contributed by atoms with E-state index in [1.807, 2.05) is 39.8 Å². The van der Waals surface area contributed by atoms with Gasteiger partial charge in [-0.15, -0.1) is 0 Å². The third-order valence-corrected chi connectivity index (χ3v) is 4.68. The molecule has 0 saturated carbocycles. The van der Waals surface area contributed by atoms with Crippen molar-refractivity contribution in [3.8, 4) is 5.75 Å². The molecule has 1 aromatic carbocycles. The van der Waals surface area contributed by atoms with E-state index in [1.54, 1.807) is 0 Å². The third kappa shape index (κ3) is 2.18. The smallest absolute Gasteiger partial charge is 0.122 e. The van der Waals surface area contributed by atoms with Crippen LogP contribution in [0.3, 0.4) is 0 Å². The Morgan fingerprint density at radius 1 is 0.950 bits per heavy atom. The molecule has 0 amide bonds. The molecule has 0 saturated heterocycles. The lowest BCUT2D eigenvalue weighted by atomic mass is 9.75. The number of hydrogen-bond acceptors (Lipinski definition) is 2. The van der Waals surface area contributed by atoms with Crippen LogP contribution in [0.2, 0.25) is 0 Å². The molecule has 2 heteroatoms. The van der Waals surface area contributed by atoms with Crippen LogP contribution in [-0.2, 0) is 0 Å². The number of aromatic hydroxyl groups is 1. The Bertz CT molecular complexity index is 595. The molecule has 1 aromatic rings. The number of rotatable bonds is 1. The van der Waals surface area contributed by atoms with Gasteiger partial charge in [0.2, 0.25) is 0 Å². The molecule has 0 heterocycles. The summed E-state index contributed by atoms with van der Waals surface area (Å²) in [4.78, 5) is 0. The number of phenolic OH excluding ortho intramolecular Hbond substituents is 1. The van der Waals surface area contributed by atoms with Crippen molar-refractivity contribution in [2.75, 3.05) is 0 Å². The maximum absolute atomic E-state index is 10.6. The lowest BCUT2D eigenvalue weighted by Gasteiger charge is -2.32. The van der Waals surface area contributed by atoms with Gasteiger partial charge in [-0.2, -0.15) is 0 Å². The van der Waals surface area contributed by atoms with E-state index in [0.29, 0.717) is 5.75 Å². The zero-order chi connectivity index (χ0) is 15.2. The summed E-state index contributed by atoms with van der Waals surface area (Å²) in [6, 6.07) is 2.00. The molecule has 0 spiro atoms. The largest absolute Gasteiger partial charge is 0.507 e. The molecule has 0 aliphatic heterocycles. The Kier molecular flexibility index (Phi) is 3.79. The minimum absolute atomic E-state index is 0.154. The predicted octanol–water partition coefficient (Wildman–Crippen LogP) is 4.06. The molecule has 1 unspecified atom stereocenters. The van der Waals surface area contributed by atoms with E-state index in [9.17, 15) is 10.2 Å². The van der Waals surface area contributed by atoms with Crippen molar-refractivity contribution in [1.82, 2.24) is 0 Å². The zero-order valence-electron chi connectivity index (χ0n) is 13.2. The summed E-state index contributed by atoms with van der Waals surface area (Å²) >= 11 is 0. The number of aliphatic hydroxyl groups excluding tert-OH is 1. The van der Waals surface area contributed by atoms with Crippen LogP contribution in [0, 0.1) is 20.8 Å². The molecule has 108 valence electrons. The van der Waals surface area contributed by atoms with Gasteiger partial charge in [0.15, 0.2) is 0 Å². The Labute approximate surface area is 121 Å². The lowest BCUT2D eigenvalue weighted by Crippen LogP contribution is -2.25. The average Bonchev–Trinajstić information content (AvgIpc) is 2.38. The van der Waals surface area contributed by atoms with E-state index >= 15 is 0 Å². The van der Waals surface area contributed by atoms with E-state index < -0.39 is 6.10 Å². The van der Waals surface area contributed by atoms with Gasteiger partial charge in [-0.05, 0) is 63.8 Å². The van der Waals surface area contributed by atoms with Crippen LogP contribution in [0.15, 0.2) is 28.9 Å². The summed E-state index contributed by atoms with van der Waals surface area (Å²) in [5.41, 5.74) is 7.23. The summed E-state index contributed by atoms with van der Waals surface area (Å²) in [6.45, 7) is 12.0. The van der Waals surface area contributed by atoms with Crippen molar-refractivity contribution in [3.63, 3.8) is 0 Å². The number of aryl methyl sites for hydroxylation is 2. The van der Waals surface area contributed by atoms with Gasteiger partial charge < -0.3 is 10.2 Å². The van der Waals surface area contributed by atoms with Gasteiger partial charge in [-0.1, -0.05) is 23.3 Å². The highest BCUT2D eigenvalue weighted by Gasteiger charge is 2.32. The molecule has 2 atom stereocenters. The second-order valence-electron chi connectivity index (χ2n) is 6.07. The van der Waals surface area contributed by atoms with Gasteiger partial charge in [0.05, 0.1) is 6.10 Å². The molecule has 20 heavy (non-hydrogen) atoms. The molecule has 0 bridgehead atoms. The van der Waals surface area contributed by atoms with Crippen LogP contribution >= 0.6 is 0 Å². The number of aliphatic hydroxyl groups is 1. The van der Waals surface area contributed by atoms with Crippen molar-refractivity contribution in [2.45, 2.75) is 53.6 Å². The minimum Gasteiger partial charge on any atom is -0.507 e. The highest BCUT2D eigenvalue weighted by atomic mass is 16.3. The van der Waals surface area contributed by atoms with Crippen LogP contribution in [0.4, 0.5) is 0 Å². The van der Waals surface area contributed by atoms with E-state index in [-0.39, 0.29) is 5.92 Å². The summed E-state index contributed by atoms with van der Waals surface area (Å²) < 4.78 is 0. The van der Waals surface area contributed by atoms with E-state index in [0.717, 1.165) is 33.4 Å². The molecule has 2 N–H and O–H groups in total. The zero-order valence-corrected chi connectivity index (χ0v) is 13.2. The van der Waals surface area contributed by atoms with E-state index in [4.69, 9.17) is 0 Å². The summed E-state index contributed by atoms with van der Waals surface area (Å²) in [7, 11) is 0. The summed E-state index contributed by atoms with van der Waals surface area (Å²) in [5.74, 6) is 0.164. The van der Waals surface area contributed by atoms with Crippen molar-refractivity contribution in [1.29, 1.82) is 0 Å². The van der Waals surface area contributed by atoms with Gasteiger partial charge in [0.1, 0.15) is 5.75 Å². The quantitative estimate of drug-likeness (QED) is 0.809. The van der Waals surface area contributed by atoms with Gasteiger partial charge >= 0.3 is 0 Å². The Morgan fingerprint density at radius 3 is 2.15 bits per heavy atom. The molecule has 0 aromatic heterocycles. The average molecular weight is 272 g/mol. The Morgan fingerprint density at radius 2 is 1.55 bits per heavy atom. The Balaban J connectivity index is 2.72. The number of phenols is 1. The summed E-state index contributed by atoms with van der Waals surface area (Å²) in [5, 5.41) is 21.1. The first-order chi connectivity index (χ1) is 9.25. The van der Waals surface area contributed by atoms with E-state index in [1.165, 1.54) is 5.57 Å². The molecule has 0 fully saturated rings. The van der Waals surface area contributed by atoms with Gasteiger partial charge in [-0.25, -0.2) is 0 Å². The monoisotopic (exact) mass is 272 g/mol. The van der Waals surface area contributed by atoms with Crippen molar-refractivity contribution >= 4 is 0 Å².